The SMILES string of the molecule is COc1cccc(C2CCN2C(=O)c2cc(-c3ccc(C)o3)[nH]n2)c1. The predicted octanol–water partition coefficient (Wildman–Crippen LogP) is 3.57. The Morgan fingerprint density at radius 1 is 1.32 bits per heavy atom. The fourth-order valence-electron chi connectivity index (χ4n) is 3.11. The van der Waals surface area contributed by atoms with E-state index in [-0.39, 0.29) is 11.9 Å². The summed E-state index contributed by atoms with van der Waals surface area (Å²) in [4.78, 5) is 14.6. The van der Waals surface area contributed by atoms with Gasteiger partial charge in [0, 0.05) is 12.6 Å². The third kappa shape index (κ3) is 2.80. The minimum absolute atomic E-state index is 0.0635. The average molecular weight is 337 g/mol. The zero-order chi connectivity index (χ0) is 17.4. The first-order valence-electron chi connectivity index (χ1n) is 8.23. The van der Waals surface area contributed by atoms with Gasteiger partial charge in [0.2, 0.25) is 0 Å². The van der Waals surface area contributed by atoms with Crippen LogP contribution in [-0.2, 0) is 0 Å². The van der Waals surface area contributed by atoms with Crippen LogP contribution in [0, 0.1) is 6.92 Å². The quantitative estimate of drug-likeness (QED) is 0.790. The molecule has 2 aromatic heterocycles. The van der Waals surface area contributed by atoms with E-state index in [9.17, 15) is 4.79 Å². The number of hydrogen-bond donors (Lipinski definition) is 1. The van der Waals surface area contributed by atoms with E-state index in [2.05, 4.69) is 10.2 Å². The number of carbonyl (C=O) groups is 1. The fourth-order valence-corrected chi connectivity index (χ4v) is 3.11. The zero-order valence-corrected chi connectivity index (χ0v) is 14.2. The maximum atomic E-state index is 12.8. The van der Waals surface area contributed by atoms with Gasteiger partial charge in [0.1, 0.15) is 17.2 Å². The van der Waals surface area contributed by atoms with Crippen molar-refractivity contribution in [3.05, 3.63) is 59.5 Å². The smallest absolute Gasteiger partial charge is 0.274 e. The van der Waals surface area contributed by atoms with Gasteiger partial charge in [-0.2, -0.15) is 5.10 Å². The Hall–Kier alpha value is -3.02. The van der Waals surface area contributed by atoms with Crippen LogP contribution in [0.2, 0.25) is 0 Å². The van der Waals surface area contributed by atoms with Gasteiger partial charge in [-0.15, -0.1) is 0 Å². The van der Waals surface area contributed by atoms with Gasteiger partial charge < -0.3 is 14.1 Å². The maximum Gasteiger partial charge on any atom is 0.274 e. The van der Waals surface area contributed by atoms with Crippen molar-refractivity contribution in [1.29, 1.82) is 0 Å². The number of aromatic nitrogens is 2. The van der Waals surface area contributed by atoms with Crippen molar-refractivity contribution in [2.75, 3.05) is 13.7 Å². The molecule has 1 saturated heterocycles. The molecule has 128 valence electrons. The molecule has 1 unspecified atom stereocenters. The van der Waals surface area contributed by atoms with Crippen molar-refractivity contribution >= 4 is 5.91 Å². The molecule has 1 aliphatic heterocycles. The highest BCUT2D eigenvalue weighted by Crippen LogP contribution is 2.36. The Bertz CT molecular complexity index is 912. The lowest BCUT2D eigenvalue weighted by Gasteiger charge is -2.41. The first-order chi connectivity index (χ1) is 12.2. The van der Waals surface area contributed by atoms with Gasteiger partial charge in [0.15, 0.2) is 11.5 Å². The van der Waals surface area contributed by atoms with Gasteiger partial charge in [-0.3, -0.25) is 9.89 Å². The highest BCUT2D eigenvalue weighted by molar-refractivity contribution is 5.94. The van der Waals surface area contributed by atoms with E-state index >= 15 is 0 Å². The van der Waals surface area contributed by atoms with Gasteiger partial charge in [0.05, 0.1) is 13.2 Å². The fraction of sp³-hybridized carbons (Fsp3) is 0.263. The van der Waals surface area contributed by atoms with Crippen molar-refractivity contribution in [2.45, 2.75) is 19.4 Å². The maximum absolute atomic E-state index is 12.8. The number of hydrogen-bond acceptors (Lipinski definition) is 4. The molecule has 0 spiro atoms. The zero-order valence-electron chi connectivity index (χ0n) is 14.2. The van der Waals surface area contributed by atoms with Crippen LogP contribution in [0.5, 0.6) is 5.75 Å². The number of carbonyl (C=O) groups excluding carboxylic acids is 1. The van der Waals surface area contributed by atoms with Crippen LogP contribution < -0.4 is 4.74 Å². The number of H-pyrrole nitrogens is 1. The van der Waals surface area contributed by atoms with Crippen LogP contribution in [0.4, 0.5) is 0 Å². The van der Waals surface area contributed by atoms with Crippen molar-refractivity contribution in [2.24, 2.45) is 0 Å². The van der Waals surface area contributed by atoms with Gasteiger partial charge in [0.25, 0.3) is 5.91 Å². The third-order valence-corrected chi connectivity index (χ3v) is 4.56. The molecule has 3 heterocycles. The molecule has 1 N–H and O–H groups in total. The Kier molecular flexibility index (Phi) is 3.80. The number of furan rings is 1. The number of amides is 1. The third-order valence-electron chi connectivity index (χ3n) is 4.56. The van der Waals surface area contributed by atoms with E-state index in [1.807, 2.05) is 48.2 Å². The summed E-state index contributed by atoms with van der Waals surface area (Å²) in [5.74, 6) is 2.22. The molecule has 1 atom stereocenters. The van der Waals surface area contributed by atoms with Crippen molar-refractivity contribution in [3.63, 3.8) is 0 Å². The minimum Gasteiger partial charge on any atom is -0.497 e. The lowest BCUT2D eigenvalue weighted by molar-refractivity contribution is 0.0453. The Labute approximate surface area is 145 Å². The molecule has 25 heavy (non-hydrogen) atoms. The summed E-state index contributed by atoms with van der Waals surface area (Å²) in [5, 5.41) is 7.05. The van der Waals surface area contributed by atoms with E-state index < -0.39 is 0 Å². The molecular weight excluding hydrogens is 318 g/mol. The Morgan fingerprint density at radius 2 is 2.20 bits per heavy atom. The van der Waals surface area contributed by atoms with Crippen LogP contribution in [0.1, 0.15) is 34.3 Å². The van der Waals surface area contributed by atoms with Crippen molar-refractivity contribution in [3.8, 4) is 17.2 Å². The molecule has 1 aromatic carbocycles. The summed E-state index contributed by atoms with van der Waals surface area (Å²) >= 11 is 0. The standard InChI is InChI=1S/C19H19N3O3/c1-12-6-7-18(25-12)15-11-16(21-20-15)19(23)22-9-8-17(22)13-4-3-5-14(10-13)24-2/h3-7,10-11,17H,8-9H2,1-2H3,(H,20,21). The molecule has 0 aliphatic carbocycles. The predicted molar refractivity (Wildman–Crippen MR) is 92.4 cm³/mol. The monoisotopic (exact) mass is 337 g/mol. The number of nitrogens with one attached hydrogen (secondary N) is 1. The van der Waals surface area contributed by atoms with Crippen LogP contribution >= 0.6 is 0 Å². The van der Waals surface area contributed by atoms with Gasteiger partial charge in [-0.25, -0.2) is 0 Å². The summed E-state index contributed by atoms with van der Waals surface area (Å²) < 4.78 is 10.8. The van der Waals surface area contributed by atoms with Crippen molar-refractivity contribution in [1.82, 2.24) is 15.1 Å². The summed E-state index contributed by atoms with van der Waals surface area (Å²) in [6, 6.07) is 13.4. The van der Waals surface area contributed by atoms with E-state index in [0.29, 0.717) is 17.1 Å². The Morgan fingerprint density at radius 3 is 2.88 bits per heavy atom. The number of methoxy groups -OCH3 is 1. The molecule has 1 fully saturated rings. The number of likely N-dealkylation sites (tertiary alicyclic amines) is 1. The molecule has 1 aliphatic rings. The second kappa shape index (κ2) is 6.12. The van der Waals surface area contributed by atoms with Crippen LogP contribution in [0.3, 0.4) is 0 Å². The molecule has 0 saturated carbocycles. The summed E-state index contributed by atoms with van der Waals surface area (Å²) in [6.45, 7) is 2.60. The highest BCUT2D eigenvalue weighted by atomic mass is 16.5. The number of benzene rings is 1. The van der Waals surface area contributed by atoms with Crippen LogP contribution in [-0.4, -0.2) is 34.7 Å². The van der Waals surface area contributed by atoms with E-state index in [0.717, 1.165) is 30.0 Å². The second-order valence-electron chi connectivity index (χ2n) is 6.16. The molecule has 3 aromatic rings. The highest BCUT2D eigenvalue weighted by Gasteiger charge is 2.35. The average Bonchev–Trinajstić information content (AvgIpc) is 3.23. The molecule has 4 rings (SSSR count). The molecule has 0 radical (unpaired) electrons. The number of ether oxygens (including phenoxy) is 1. The first kappa shape index (κ1) is 15.5. The first-order valence-corrected chi connectivity index (χ1v) is 8.23. The minimum atomic E-state index is -0.0788. The van der Waals surface area contributed by atoms with Gasteiger partial charge >= 0.3 is 0 Å². The van der Waals surface area contributed by atoms with E-state index in [1.165, 1.54) is 0 Å². The number of nitrogens with zero attached hydrogens (tertiary/aromatic N) is 2. The normalized spacial score (nSPS) is 16.6. The lowest BCUT2D eigenvalue weighted by atomic mass is 9.94. The van der Waals surface area contributed by atoms with E-state index in [1.54, 1.807) is 13.2 Å². The summed E-state index contributed by atoms with van der Waals surface area (Å²) in [6.07, 6.45) is 0.938. The summed E-state index contributed by atoms with van der Waals surface area (Å²) in [7, 11) is 1.64. The molecule has 0 bridgehead atoms. The van der Waals surface area contributed by atoms with Crippen LogP contribution in [0.25, 0.3) is 11.5 Å². The molecule has 1 amide bonds. The number of rotatable bonds is 4. The van der Waals surface area contributed by atoms with Gasteiger partial charge in [-0.1, -0.05) is 12.1 Å². The number of aromatic amines is 1. The van der Waals surface area contributed by atoms with Crippen molar-refractivity contribution < 1.29 is 13.9 Å². The topological polar surface area (TPSA) is 71.4 Å². The molecular formula is C19H19N3O3. The Balaban J connectivity index is 1.54. The number of aryl methyl sites for hydroxylation is 1. The lowest BCUT2D eigenvalue weighted by Crippen LogP contribution is -2.45. The van der Waals surface area contributed by atoms with Gasteiger partial charge in [-0.05, 0) is 43.2 Å². The van der Waals surface area contributed by atoms with Crippen LogP contribution in [0.15, 0.2) is 46.9 Å². The largest absolute Gasteiger partial charge is 0.497 e. The summed E-state index contributed by atoms with van der Waals surface area (Å²) in [5.41, 5.74) is 2.18. The molecule has 6 nitrogen and oxygen atoms in total. The second-order valence-corrected chi connectivity index (χ2v) is 6.16. The van der Waals surface area contributed by atoms with E-state index in [4.69, 9.17) is 9.15 Å². The molecule has 6 heteroatoms.